The van der Waals surface area contributed by atoms with Crippen LogP contribution in [-0.4, -0.2) is 29.8 Å². The fourth-order valence-corrected chi connectivity index (χ4v) is 1.46. The van der Waals surface area contributed by atoms with Gasteiger partial charge in [-0.25, -0.2) is 4.79 Å². The molecule has 0 radical (unpaired) electrons. The average molecular weight is 230 g/mol. The second-order valence-corrected chi connectivity index (χ2v) is 4.41. The number of aliphatic hydroxyl groups is 1. The molecule has 0 saturated heterocycles. The minimum absolute atomic E-state index is 0.0640. The molecule has 0 aliphatic rings. The molecule has 0 spiro atoms. The van der Waals surface area contributed by atoms with E-state index in [1.807, 2.05) is 13.8 Å². The van der Waals surface area contributed by atoms with Crippen molar-refractivity contribution in [1.29, 1.82) is 0 Å². The Morgan fingerprint density at radius 2 is 1.81 bits per heavy atom. The molecule has 96 valence electrons. The van der Waals surface area contributed by atoms with Crippen molar-refractivity contribution in [3.63, 3.8) is 0 Å². The fraction of sp³-hybridized carbons (Fsp3) is 0.917. The fourth-order valence-electron chi connectivity index (χ4n) is 1.46. The van der Waals surface area contributed by atoms with Crippen molar-refractivity contribution in [2.24, 2.45) is 5.92 Å². The normalized spacial score (nSPS) is 16.3. The molecule has 3 unspecified atom stereocenters. The van der Waals surface area contributed by atoms with Gasteiger partial charge in [0.1, 0.15) is 0 Å². The molecule has 4 nitrogen and oxygen atoms in total. The summed E-state index contributed by atoms with van der Waals surface area (Å²) < 4.78 is 0. The summed E-state index contributed by atoms with van der Waals surface area (Å²) in [6.45, 7) is 8.36. The quantitative estimate of drug-likeness (QED) is 0.625. The van der Waals surface area contributed by atoms with Gasteiger partial charge in [0.05, 0.1) is 0 Å². The first kappa shape index (κ1) is 15.2. The molecule has 3 N–H and O–H groups in total. The molecule has 4 heteroatoms. The lowest BCUT2D eigenvalue weighted by Gasteiger charge is -2.22. The van der Waals surface area contributed by atoms with Crippen LogP contribution in [0.4, 0.5) is 4.79 Å². The zero-order chi connectivity index (χ0) is 12.6. The summed E-state index contributed by atoms with van der Waals surface area (Å²) in [4.78, 5) is 11.6. The molecule has 0 aromatic rings. The maximum atomic E-state index is 11.6. The Morgan fingerprint density at radius 3 is 2.25 bits per heavy atom. The Kier molecular flexibility index (Phi) is 7.99. The van der Waals surface area contributed by atoms with Crippen LogP contribution in [0.3, 0.4) is 0 Å². The minimum atomic E-state index is -0.131. The number of nitrogens with one attached hydrogen (secondary N) is 2. The van der Waals surface area contributed by atoms with Crippen LogP contribution in [0.1, 0.15) is 47.0 Å². The lowest BCUT2D eigenvalue weighted by atomic mass is 10.0. The first-order valence-corrected chi connectivity index (χ1v) is 6.22. The van der Waals surface area contributed by atoms with E-state index in [9.17, 15) is 4.79 Å². The molecule has 0 aromatic carbocycles. The standard InChI is InChI=1S/C12H26N2O2/c1-5-9(3)10(4)13-12(16)14-11(6-2)7-8-15/h9-11,15H,5-8H2,1-4H3,(H2,13,14,16). The van der Waals surface area contributed by atoms with E-state index in [1.54, 1.807) is 0 Å². The number of carbonyl (C=O) groups excluding carboxylic acids is 1. The highest BCUT2D eigenvalue weighted by atomic mass is 16.3. The van der Waals surface area contributed by atoms with E-state index in [0.717, 1.165) is 12.8 Å². The third-order valence-corrected chi connectivity index (χ3v) is 3.16. The number of rotatable bonds is 7. The highest BCUT2D eigenvalue weighted by Gasteiger charge is 2.15. The van der Waals surface area contributed by atoms with E-state index in [-0.39, 0.29) is 24.7 Å². The van der Waals surface area contributed by atoms with Crippen molar-refractivity contribution in [3.8, 4) is 0 Å². The van der Waals surface area contributed by atoms with Gasteiger partial charge in [-0.3, -0.25) is 0 Å². The van der Waals surface area contributed by atoms with Crippen LogP contribution >= 0.6 is 0 Å². The molecule has 16 heavy (non-hydrogen) atoms. The van der Waals surface area contributed by atoms with Gasteiger partial charge in [-0.2, -0.15) is 0 Å². The zero-order valence-electron chi connectivity index (χ0n) is 10.9. The van der Waals surface area contributed by atoms with Crippen molar-refractivity contribution in [2.45, 2.75) is 59.0 Å². The van der Waals surface area contributed by atoms with Crippen molar-refractivity contribution in [3.05, 3.63) is 0 Å². The molecular weight excluding hydrogens is 204 g/mol. The summed E-state index contributed by atoms with van der Waals surface area (Å²) in [6, 6.07) is 0.110. The molecule has 0 rings (SSSR count). The van der Waals surface area contributed by atoms with E-state index < -0.39 is 0 Å². The number of aliphatic hydroxyl groups excluding tert-OH is 1. The molecular formula is C12H26N2O2. The van der Waals surface area contributed by atoms with Crippen LogP contribution in [0.15, 0.2) is 0 Å². The maximum absolute atomic E-state index is 11.6. The summed E-state index contributed by atoms with van der Waals surface area (Å²) in [5, 5.41) is 14.6. The highest BCUT2D eigenvalue weighted by molar-refractivity contribution is 5.74. The number of hydrogen-bond donors (Lipinski definition) is 3. The van der Waals surface area contributed by atoms with E-state index >= 15 is 0 Å². The predicted octanol–water partition coefficient (Wildman–Crippen LogP) is 1.88. The van der Waals surface area contributed by atoms with Gasteiger partial charge in [0.25, 0.3) is 0 Å². The van der Waals surface area contributed by atoms with Crippen molar-refractivity contribution in [2.75, 3.05) is 6.61 Å². The highest BCUT2D eigenvalue weighted by Crippen LogP contribution is 2.06. The number of hydrogen-bond acceptors (Lipinski definition) is 2. The smallest absolute Gasteiger partial charge is 0.315 e. The Labute approximate surface area is 98.8 Å². The summed E-state index contributed by atoms with van der Waals surface area (Å²) in [7, 11) is 0. The van der Waals surface area contributed by atoms with Crippen LogP contribution in [0.5, 0.6) is 0 Å². The van der Waals surface area contributed by atoms with E-state index in [4.69, 9.17) is 5.11 Å². The molecule has 3 atom stereocenters. The lowest BCUT2D eigenvalue weighted by Crippen LogP contribution is -2.47. The predicted molar refractivity (Wildman–Crippen MR) is 66.4 cm³/mol. The largest absolute Gasteiger partial charge is 0.396 e. The molecule has 0 saturated carbocycles. The molecule has 0 aromatic heterocycles. The van der Waals surface area contributed by atoms with Gasteiger partial charge in [0.2, 0.25) is 0 Å². The molecule has 0 aliphatic heterocycles. The van der Waals surface area contributed by atoms with Gasteiger partial charge in [0, 0.05) is 18.7 Å². The third kappa shape index (κ3) is 5.95. The van der Waals surface area contributed by atoms with Crippen LogP contribution < -0.4 is 10.6 Å². The van der Waals surface area contributed by atoms with Gasteiger partial charge >= 0.3 is 6.03 Å². The van der Waals surface area contributed by atoms with Gasteiger partial charge in [0.15, 0.2) is 0 Å². The van der Waals surface area contributed by atoms with E-state index in [0.29, 0.717) is 12.3 Å². The molecule has 0 heterocycles. The van der Waals surface area contributed by atoms with Crippen LogP contribution in [0.2, 0.25) is 0 Å². The zero-order valence-corrected chi connectivity index (χ0v) is 10.9. The minimum Gasteiger partial charge on any atom is -0.396 e. The van der Waals surface area contributed by atoms with Crippen molar-refractivity contribution < 1.29 is 9.90 Å². The Morgan fingerprint density at radius 1 is 1.19 bits per heavy atom. The Balaban J connectivity index is 3.96. The first-order valence-electron chi connectivity index (χ1n) is 6.22. The first-order chi connectivity index (χ1) is 7.54. The molecule has 0 fully saturated rings. The van der Waals surface area contributed by atoms with Gasteiger partial charge < -0.3 is 15.7 Å². The lowest BCUT2D eigenvalue weighted by molar-refractivity contribution is 0.221. The van der Waals surface area contributed by atoms with Crippen molar-refractivity contribution >= 4 is 6.03 Å². The maximum Gasteiger partial charge on any atom is 0.315 e. The third-order valence-electron chi connectivity index (χ3n) is 3.16. The second kappa shape index (κ2) is 8.39. The molecule has 0 aliphatic carbocycles. The summed E-state index contributed by atoms with van der Waals surface area (Å²) in [5.74, 6) is 0.476. The summed E-state index contributed by atoms with van der Waals surface area (Å²) in [6.07, 6.45) is 2.50. The van der Waals surface area contributed by atoms with Crippen LogP contribution in [0, 0.1) is 5.92 Å². The summed E-state index contributed by atoms with van der Waals surface area (Å²) >= 11 is 0. The number of urea groups is 1. The Hall–Kier alpha value is -0.770. The van der Waals surface area contributed by atoms with Gasteiger partial charge in [-0.1, -0.05) is 27.2 Å². The summed E-state index contributed by atoms with van der Waals surface area (Å²) in [5.41, 5.74) is 0. The number of amides is 2. The van der Waals surface area contributed by atoms with Crippen LogP contribution in [0.25, 0.3) is 0 Å². The average Bonchev–Trinajstić information content (AvgIpc) is 2.27. The van der Waals surface area contributed by atoms with Gasteiger partial charge in [-0.05, 0) is 25.7 Å². The van der Waals surface area contributed by atoms with Gasteiger partial charge in [-0.15, -0.1) is 0 Å². The SMILES string of the molecule is CCC(CCO)NC(=O)NC(C)C(C)CC. The monoisotopic (exact) mass is 230 g/mol. The van der Waals surface area contributed by atoms with Crippen molar-refractivity contribution in [1.82, 2.24) is 10.6 Å². The number of carbonyl (C=O) groups is 1. The van der Waals surface area contributed by atoms with E-state index in [1.165, 1.54) is 0 Å². The topological polar surface area (TPSA) is 61.4 Å². The van der Waals surface area contributed by atoms with E-state index in [2.05, 4.69) is 24.5 Å². The Bertz CT molecular complexity index is 191. The van der Waals surface area contributed by atoms with Crippen LogP contribution in [-0.2, 0) is 0 Å². The molecule has 0 bridgehead atoms. The molecule has 2 amide bonds. The second-order valence-electron chi connectivity index (χ2n) is 4.41.